The molecule has 8 heteroatoms. The van der Waals surface area contributed by atoms with Gasteiger partial charge in [0.05, 0.1) is 11.1 Å². The van der Waals surface area contributed by atoms with E-state index in [-0.39, 0.29) is 11.8 Å². The summed E-state index contributed by atoms with van der Waals surface area (Å²) in [5, 5.41) is 3.59. The third kappa shape index (κ3) is 4.11. The molecule has 2 amide bonds. The molecule has 3 N–H and O–H groups in total. The first-order chi connectivity index (χ1) is 17.3. The van der Waals surface area contributed by atoms with Gasteiger partial charge in [0.2, 0.25) is 0 Å². The lowest BCUT2D eigenvalue weighted by Gasteiger charge is -2.15. The van der Waals surface area contributed by atoms with E-state index in [0.29, 0.717) is 28.3 Å². The molecular weight excluding hydrogens is 452 g/mol. The van der Waals surface area contributed by atoms with Gasteiger partial charge in [-0.1, -0.05) is 30.8 Å². The summed E-state index contributed by atoms with van der Waals surface area (Å²) in [6.07, 6.45) is 3.57. The van der Waals surface area contributed by atoms with Gasteiger partial charge >= 0.3 is 0 Å². The third-order valence-corrected chi connectivity index (χ3v) is 6.61. The zero-order valence-corrected chi connectivity index (χ0v) is 20.4. The number of fused-ring (bicyclic) bond motifs is 1. The maximum absolute atomic E-state index is 12.9. The lowest BCUT2D eigenvalue weighted by molar-refractivity contribution is -0.112. The van der Waals surface area contributed by atoms with Gasteiger partial charge in [0.25, 0.3) is 11.8 Å². The van der Waals surface area contributed by atoms with Gasteiger partial charge in [-0.25, -0.2) is 9.97 Å². The molecule has 0 bridgehead atoms. The van der Waals surface area contributed by atoms with E-state index in [2.05, 4.69) is 21.9 Å². The number of hydrogen-bond donors (Lipinski definition) is 2. The fourth-order valence-corrected chi connectivity index (χ4v) is 4.73. The van der Waals surface area contributed by atoms with Gasteiger partial charge < -0.3 is 20.5 Å². The van der Waals surface area contributed by atoms with Crippen LogP contribution in [-0.4, -0.2) is 44.3 Å². The van der Waals surface area contributed by atoms with E-state index >= 15 is 0 Å². The standard InChI is InChI=1S/C28H28N6O2/c1-17(2)27(35)32-21-12-10-19(11-13-21)24-22(23-25(29)30-16-31-26(23)33(24)3)18-6-8-20(9-7-18)28(36)34-14-4-5-15-34/h6-13,16H,1,4-5,14-15H2,2-3H3,(H,32,35)(H2,29,30,31). The van der Waals surface area contributed by atoms with E-state index < -0.39 is 0 Å². The number of hydrogen-bond acceptors (Lipinski definition) is 5. The van der Waals surface area contributed by atoms with Crippen molar-refractivity contribution in [1.29, 1.82) is 0 Å². The lowest BCUT2D eigenvalue weighted by Crippen LogP contribution is -2.27. The molecule has 0 unspecified atom stereocenters. The summed E-state index contributed by atoms with van der Waals surface area (Å²) >= 11 is 0. The highest BCUT2D eigenvalue weighted by molar-refractivity contribution is 6.08. The van der Waals surface area contributed by atoms with E-state index in [9.17, 15) is 9.59 Å². The van der Waals surface area contributed by atoms with Crippen molar-refractivity contribution in [2.24, 2.45) is 7.05 Å². The summed E-state index contributed by atoms with van der Waals surface area (Å²) in [7, 11) is 1.94. The molecule has 0 saturated carbocycles. The Hall–Kier alpha value is -4.46. The van der Waals surface area contributed by atoms with Crippen LogP contribution in [-0.2, 0) is 11.8 Å². The van der Waals surface area contributed by atoms with Crippen LogP contribution in [0.4, 0.5) is 11.5 Å². The Labute approximate surface area is 209 Å². The van der Waals surface area contributed by atoms with Crippen LogP contribution in [0.1, 0.15) is 30.1 Å². The van der Waals surface area contributed by atoms with Crippen molar-refractivity contribution in [1.82, 2.24) is 19.4 Å². The highest BCUT2D eigenvalue weighted by Crippen LogP contribution is 2.41. The zero-order valence-electron chi connectivity index (χ0n) is 20.4. The molecule has 2 aromatic carbocycles. The molecule has 1 aliphatic heterocycles. The Morgan fingerprint density at radius 3 is 2.25 bits per heavy atom. The second kappa shape index (κ2) is 9.30. The van der Waals surface area contributed by atoms with E-state index in [1.165, 1.54) is 6.33 Å². The highest BCUT2D eigenvalue weighted by Gasteiger charge is 2.23. The molecule has 8 nitrogen and oxygen atoms in total. The highest BCUT2D eigenvalue weighted by atomic mass is 16.2. The van der Waals surface area contributed by atoms with E-state index in [1.807, 2.05) is 65.0 Å². The smallest absolute Gasteiger partial charge is 0.253 e. The number of nitrogens with zero attached hydrogens (tertiary/aromatic N) is 4. The first-order valence-electron chi connectivity index (χ1n) is 11.9. The number of nitrogens with one attached hydrogen (secondary N) is 1. The number of nitrogens with two attached hydrogens (primary N) is 1. The average Bonchev–Trinajstić information content (AvgIpc) is 3.52. The molecule has 1 saturated heterocycles. The summed E-state index contributed by atoms with van der Waals surface area (Å²) in [5.74, 6) is 0.228. The first-order valence-corrected chi connectivity index (χ1v) is 11.9. The molecule has 1 fully saturated rings. The largest absolute Gasteiger partial charge is 0.383 e. The van der Waals surface area contributed by atoms with Crippen LogP contribution < -0.4 is 11.1 Å². The monoisotopic (exact) mass is 480 g/mol. The average molecular weight is 481 g/mol. The molecular formula is C28H28N6O2. The van der Waals surface area contributed by atoms with Gasteiger partial charge in [0.1, 0.15) is 17.8 Å². The fraction of sp³-hybridized carbons (Fsp3) is 0.214. The SMILES string of the molecule is C=C(C)C(=O)Nc1ccc(-c2c(-c3ccc(C(=O)N4CCCC4)cc3)c3c(N)ncnc3n2C)cc1. The molecule has 4 aromatic rings. The van der Waals surface area contributed by atoms with Gasteiger partial charge in [0, 0.05) is 42.5 Å². The van der Waals surface area contributed by atoms with Gasteiger partial charge in [-0.15, -0.1) is 0 Å². The van der Waals surface area contributed by atoms with Crippen molar-refractivity contribution in [3.63, 3.8) is 0 Å². The number of nitrogen functional groups attached to an aromatic ring is 1. The van der Waals surface area contributed by atoms with Gasteiger partial charge in [-0.3, -0.25) is 9.59 Å². The quantitative estimate of drug-likeness (QED) is 0.405. The molecule has 36 heavy (non-hydrogen) atoms. The van der Waals surface area contributed by atoms with E-state index in [1.54, 1.807) is 6.92 Å². The van der Waals surface area contributed by atoms with Gasteiger partial charge in [0.15, 0.2) is 0 Å². The second-order valence-corrected chi connectivity index (χ2v) is 9.13. The number of benzene rings is 2. The van der Waals surface area contributed by atoms with Crippen molar-refractivity contribution in [3.8, 4) is 22.4 Å². The van der Waals surface area contributed by atoms with Crippen LogP contribution in [0.3, 0.4) is 0 Å². The molecule has 0 aliphatic carbocycles. The minimum Gasteiger partial charge on any atom is -0.383 e. The fourth-order valence-electron chi connectivity index (χ4n) is 4.73. The van der Waals surface area contributed by atoms with E-state index in [0.717, 1.165) is 53.7 Å². The molecule has 0 radical (unpaired) electrons. The number of anilines is 2. The maximum Gasteiger partial charge on any atom is 0.253 e. The Balaban J connectivity index is 1.59. The molecule has 5 rings (SSSR count). The van der Waals surface area contributed by atoms with Gasteiger partial charge in [-0.05, 0) is 55.2 Å². The summed E-state index contributed by atoms with van der Waals surface area (Å²) in [4.78, 5) is 35.5. The van der Waals surface area contributed by atoms with Crippen molar-refractivity contribution < 1.29 is 9.59 Å². The minimum absolute atomic E-state index is 0.0624. The lowest BCUT2D eigenvalue weighted by atomic mass is 9.97. The Morgan fingerprint density at radius 2 is 1.61 bits per heavy atom. The predicted molar refractivity (Wildman–Crippen MR) is 142 cm³/mol. The van der Waals surface area contributed by atoms with Crippen LogP contribution in [0.5, 0.6) is 0 Å². The number of carbonyl (C=O) groups is 2. The minimum atomic E-state index is -0.223. The first kappa shape index (κ1) is 23.3. The summed E-state index contributed by atoms with van der Waals surface area (Å²) in [6.45, 7) is 6.97. The van der Waals surface area contributed by atoms with E-state index in [4.69, 9.17) is 5.73 Å². The Morgan fingerprint density at radius 1 is 0.972 bits per heavy atom. The summed E-state index contributed by atoms with van der Waals surface area (Å²) < 4.78 is 1.99. The van der Waals surface area contributed by atoms with Crippen molar-refractivity contribution in [2.75, 3.05) is 24.1 Å². The van der Waals surface area contributed by atoms with Crippen LogP contribution in [0.25, 0.3) is 33.4 Å². The Bertz CT molecular complexity index is 1480. The number of rotatable bonds is 5. The molecule has 1 aliphatic rings. The number of amides is 2. The number of carbonyl (C=O) groups excluding carboxylic acids is 2. The zero-order chi connectivity index (χ0) is 25.4. The second-order valence-electron chi connectivity index (χ2n) is 9.13. The van der Waals surface area contributed by atoms with Crippen molar-refractivity contribution >= 4 is 34.4 Å². The summed E-state index contributed by atoms with van der Waals surface area (Å²) in [6, 6.07) is 15.2. The van der Waals surface area contributed by atoms with Crippen molar-refractivity contribution in [3.05, 3.63) is 72.6 Å². The van der Waals surface area contributed by atoms with Crippen molar-refractivity contribution in [2.45, 2.75) is 19.8 Å². The van der Waals surface area contributed by atoms with Crippen LogP contribution in [0.2, 0.25) is 0 Å². The summed E-state index contributed by atoms with van der Waals surface area (Å²) in [5.41, 5.74) is 12.5. The number of aryl methyl sites for hydroxylation is 1. The molecule has 0 atom stereocenters. The third-order valence-electron chi connectivity index (χ3n) is 6.61. The van der Waals surface area contributed by atoms with Crippen LogP contribution in [0, 0.1) is 0 Å². The number of aromatic nitrogens is 3. The molecule has 182 valence electrons. The topological polar surface area (TPSA) is 106 Å². The van der Waals surface area contributed by atoms with Crippen LogP contribution in [0.15, 0.2) is 67.0 Å². The van der Waals surface area contributed by atoms with Gasteiger partial charge in [-0.2, -0.15) is 0 Å². The van der Waals surface area contributed by atoms with Crippen LogP contribution >= 0.6 is 0 Å². The molecule has 2 aromatic heterocycles. The maximum atomic E-state index is 12.9. The number of likely N-dealkylation sites (tertiary alicyclic amines) is 1. The normalized spacial score (nSPS) is 13.2. The Kier molecular flexibility index (Phi) is 6.01. The molecule has 3 heterocycles. The predicted octanol–water partition coefficient (Wildman–Crippen LogP) is 4.64. The molecule has 0 spiro atoms.